The van der Waals surface area contributed by atoms with E-state index in [4.69, 9.17) is 0 Å². The van der Waals surface area contributed by atoms with Crippen molar-refractivity contribution in [3.63, 3.8) is 0 Å². The summed E-state index contributed by atoms with van der Waals surface area (Å²) in [5, 5.41) is 11.1. The average Bonchev–Trinajstić information content (AvgIpc) is 2.71. The van der Waals surface area contributed by atoms with Crippen molar-refractivity contribution < 1.29 is 5.11 Å². The molecule has 0 radical (unpaired) electrons. The molecule has 0 unspecified atom stereocenters. The van der Waals surface area contributed by atoms with Gasteiger partial charge in [-0.1, -0.05) is 20.8 Å². The first-order valence-electron chi connectivity index (χ1n) is 7.07. The van der Waals surface area contributed by atoms with Crippen molar-refractivity contribution in [2.75, 3.05) is 0 Å². The molecule has 0 aromatic carbocycles. The Hall–Kier alpha value is -0.0400. The van der Waals surface area contributed by atoms with Crippen molar-refractivity contribution in [2.24, 2.45) is 28.6 Å². The van der Waals surface area contributed by atoms with E-state index in [0.717, 1.165) is 11.8 Å². The van der Waals surface area contributed by atoms with Crippen molar-refractivity contribution in [3.8, 4) is 0 Å². The van der Waals surface area contributed by atoms with E-state index in [2.05, 4.69) is 27.7 Å². The van der Waals surface area contributed by atoms with Gasteiger partial charge >= 0.3 is 0 Å². The van der Waals surface area contributed by atoms with Crippen molar-refractivity contribution in [1.29, 1.82) is 0 Å². The Bertz CT molecular complexity index is 315. The Morgan fingerprint density at radius 1 is 1.06 bits per heavy atom. The summed E-state index contributed by atoms with van der Waals surface area (Å²) in [6, 6.07) is 0. The summed E-state index contributed by atoms with van der Waals surface area (Å²) in [6.45, 7) is 9.27. The van der Waals surface area contributed by atoms with Gasteiger partial charge in [-0.05, 0) is 62.2 Å². The number of aliphatic hydroxyl groups is 1. The number of rotatable bonds is 0. The fourth-order valence-corrected chi connectivity index (χ4v) is 6.14. The van der Waals surface area contributed by atoms with Gasteiger partial charge in [0.05, 0.1) is 5.60 Å². The van der Waals surface area contributed by atoms with Gasteiger partial charge in [0, 0.05) is 5.41 Å². The van der Waals surface area contributed by atoms with Gasteiger partial charge in [-0.25, -0.2) is 0 Å². The summed E-state index contributed by atoms with van der Waals surface area (Å²) < 4.78 is 0. The first kappa shape index (κ1) is 11.1. The van der Waals surface area contributed by atoms with Gasteiger partial charge in [0.1, 0.15) is 0 Å². The van der Waals surface area contributed by atoms with E-state index in [1.807, 2.05) is 0 Å². The average molecular weight is 222 g/mol. The summed E-state index contributed by atoms with van der Waals surface area (Å²) in [4.78, 5) is 0. The molecule has 92 valence electrons. The molecule has 1 N–H and O–H groups in total. The molecular formula is C15H26O. The van der Waals surface area contributed by atoms with Gasteiger partial charge in [-0.3, -0.25) is 0 Å². The van der Waals surface area contributed by atoms with Crippen molar-refractivity contribution >= 4 is 0 Å². The van der Waals surface area contributed by atoms with E-state index in [0.29, 0.717) is 11.3 Å². The van der Waals surface area contributed by atoms with Gasteiger partial charge in [0.2, 0.25) is 0 Å². The largest absolute Gasteiger partial charge is 0.389 e. The van der Waals surface area contributed by atoms with Crippen molar-refractivity contribution in [3.05, 3.63) is 0 Å². The molecule has 0 bridgehead atoms. The van der Waals surface area contributed by atoms with E-state index < -0.39 is 5.60 Å². The molecule has 0 aromatic rings. The van der Waals surface area contributed by atoms with Gasteiger partial charge in [0.25, 0.3) is 0 Å². The number of hydrogen-bond donors (Lipinski definition) is 1. The maximum Gasteiger partial charge on any atom is 0.0709 e. The van der Waals surface area contributed by atoms with Gasteiger partial charge < -0.3 is 5.11 Å². The van der Waals surface area contributed by atoms with Gasteiger partial charge in [0.15, 0.2) is 0 Å². The van der Waals surface area contributed by atoms with E-state index in [-0.39, 0.29) is 5.41 Å². The molecule has 3 fully saturated rings. The molecule has 1 nitrogen and oxygen atoms in total. The second-order valence-electron chi connectivity index (χ2n) is 7.45. The lowest BCUT2D eigenvalue weighted by Crippen LogP contribution is -2.50. The molecule has 3 rings (SSSR count). The third-order valence-electron chi connectivity index (χ3n) is 7.02. The zero-order valence-electron chi connectivity index (χ0n) is 11.2. The summed E-state index contributed by atoms with van der Waals surface area (Å²) in [6.07, 6.45) is 6.56. The topological polar surface area (TPSA) is 20.2 Å². The first-order chi connectivity index (χ1) is 7.35. The summed E-state index contributed by atoms with van der Waals surface area (Å²) in [5.41, 5.74) is 0.248. The minimum atomic E-state index is -0.423. The second kappa shape index (κ2) is 2.85. The highest BCUT2D eigenvalue weighted by atomic mass is 16.3. The van der Waals surface area contributed by atoms with Gasteiger partial charge in [-0.15, -0.1) is 0 Å². The molecule has 6 atom stereocenters. The van der Waals surface area contributed by atoms with E-state index in [9.17, 15) is 5.11 Å². The zero-order valence-corrected chi connectivity index (χ0v) is 11.2. The summed E-state index contributed by atoms with van der Waals surface area (Å²) in [7, 11) is 0. The molecule has 1 heteroatoms. The van der Waals surface area contributed by atoms with Crippen molar-refractivity contribution in [2.45, 2.75) is 65.4 Å². The Balaban J connectivity index is 2.14. The van der Waals surface area contributed by atoms with Crippen molar-refractivity contribution in [1.82, 2.24) is 0 Å². The SMILES string of the molecule is C[C@@H]1CC[C@]23[C@H]1CC[C@@]2(C)C[C@H](C)[C@]3(C)O. The van der Waals surface area contributed by atoms with Crippen LogP contribution in [0.4, 0.5) is 0 Å². The minimum Gasteiger partial charge on any atom is -0.389 e. The number of hydrogen-bond acceptors (Lipinski definition) is 1. The maximum atomic E-state index is 11.1. The third kappa shape index (κ3) is 0.903. The molecular weight excluding hydrogens is 196 g/mol. The monoisotopic (exact) mass is 222 g/mol. The molecule has 0 aromatic heterocycles. The molecule has 3 aliphatic rings. The lowest BCUT2D eigenvalue weighted by atomic mass is 9.60. The van der Waals surface area contributed by atoms with Crippen LogP contribution in [0.1, 0.15) is 59.8 Å². The highest BCUT2D eigenvalue weighted by Crippen LogP contribution is 2.76. The quantitative estimate of drug-likeness (QED) is 0.664. The van der Waals surface area contributed by atoms with E-state index in [1.54, 1.807) is 0 Å². The molecule has 16 heavy (non-hydrogen) atoms. The fourth-order valence-electron chi connectivity index (χ4n) is 6.14. The standard InChI is InChI=1S/C15H26O/c1-10-5-8-15-12(10)6-7-13(15,3)9-11(2)14(15,4)16/h10-12,16H,5-9H2,1-4H3/t10-,11+,12+,13+,14+,15+/m1/s1. The van der Waals surface area contributed by atoms with Crippen LogP contribution < -0.4 is 0 Å². The van der Waals surface area contributed by atoms with Crippen LogP contribution in [0.3, 0.4) is 0 Å². The van der Waals surface area contributed by atoms with Crippen LogP contribution in [-0.2, 0) is 0 Å². The lowest BCUT2D eigenvalue weighted by molar-refractivity contribution is -0.112. The normalized spacial score (nSPS) is 64.7. The van der Waals surface area contributed by atoms with Crippen LogP contribution in [0.15, 0.2) is 0 Å². The second-order valence-corrected chi connectivity index (χ2v) is 7.45. The zero-order chi connectivity index (χ0) is 11.8. The Morgan fingerprint density at radius 2 is 1.75 bits per heavy atom. The maximum absolute atomic E-state index is 11.1. The molecule has 0 amide bonds. The van der Waals surface area contributed by atoms with Crippen LogP contribution in [0.25, 0.3) is 0 Å². The highest BCUT2D eigenvalue weighted by molar-refractivity contribution is 5.22. The first-order valence-corrected chi connectivity index (χ1v) is 7.07. The lowest BCUT2D eigenvalue weighted by Gasteiger charge is -2.47. The third-order valence-corrected chi connectivity index (χ3v) is 7.02. The van der Waals surface area contributed by atoms with Crippen LogP contribution >= 0.6 is 0 Å². The smallest absolute Gasteiger partial charge is 0.0709 e. The van der Waals surface area contributed by atoms with Crippen LogP contribution in [0.5, 0.6) is 0 Å². The predicted molar refractivity (Wildman–Crippen MR) is 66.1 cm³/mol. The van der Waals surface area contributed by atoms with E-state index in [1.165, 1.54) is 32.1 Å². The van der Waals surface area contributed by atoms with Gasteiger partial charge in [-0.2, -0.15) is 0 Å². The summed E-state index contributed by atoms with van der Waals surface area (Å²) in [5.74, 6) is 2.10. The summed E-state index contributed by atoms with van der Waals surface area (Å²) >= 11 is 0. The Kier molecular flexibility index (Phi) is 1.98. The molecule has 3 saturated carbocycles. The fraction of sp³-hybridized carbons (Fsp3) is 1.00. The van der Waals surface area contributed by atoms with Crippen LogP contribution in [0.2, 0.25) is 0 Å². The highest BCUT2D eigenvalue weighted by Gasteiger charge is 2.73. The molecule has 1 spiro atoms. The van der Waals surface area contributed by atoms with Crippen LogP contribution in [-0.4, -0.2) is 10.7 Å². The van der Waals surface area contributed by atoms with Crippen LogP contribution in [0, 0.1) is 28.6 Å². The molecule has 0 saturated heterocycles. The predicted octanol–water partition coefficient (Wildman–Crippen LogP) is 3.61. The minimum absolute atomic E-state index is 0.249. The van der Waals surface area contributed by atoms with E-state index >= 15 is 0 Å². The molecule has 0 heterocycles. The molecule has 0 aliphatic heterocycles. The Morgan fingerprint density at radius 3 is 2.44 bits per heavy atom. The Labute approximate surface area is 99.6 Å². The molecule has 3 aliphatic carbocycles.